The second kappa shape index (κ2) is 5.47. The Labute approximate surface area is 119 Å². The van der Waals surface area contributed by atoms with Crippen molar-refractivity contribution in [2.24, 2.45) is 5.73 Å². The molecule has 3 rings (SSSR count). The summed E-state index contributed by atoms with van der Waals surface area (Å²) in [6, 6.07) is 17.5. The van der Waals surface area contributed by atoms with Crippen molar-refractivity contribution in [2.45, 2.75) is 19.0 Å². The lowest BCUT2D eigenvalue weighted by Gasteiger charge is -2.23. The van der Waals surface area contributed by atoms with Gasteiger partial charge in [-0.2, -0.15) is 0 Å². The fourth-order valence-corrected chi connectivity index (χ4v) is 2.72. The maximum Gasteiger partial charge on any atom is 0.244 e. The third kappa shape index (κ3) is 2.45. The number of nitrogens with two attached hydrogens (primary N) is 1. The summed E-state index contributed by atoms with van der Waals surface area (Å²) in [4.78, 5) is 14.4. The zero-order valence-electron chi connectivity index (χ0n) is 11.3. The summed E-state index contributed by atoms with van der Waals surface area (Å²) in [6.45, 7) is 1.35. The minimum Gasteiger partial charge on any atom is -0.336 e. The molecule has 1 aliphatic heterocycles. The summed E-state index contributed by atoms with van der Waals surface area (Å²) in [6.07, 6.45) is 0.864. The van der Waals surface area contributed by atoms with Crippen LogP contribution in [0.15, 0.2) is 54.6 Å². The third-order valence-electron chi connectivity index (χ3n) is 3.84. The van der Waals surface area contributed by atoms with Crippen LogP contribution in [0.4, 0.5) is 0 Å². The molecule has 0 aliphatic carbocycles. The van der Waals surface area contributed by atoms with Gasteiger partial charge in [0.2, 0.25) is 5.91 Å². The Kier molecular flexibility index (Phi) is 3.52. The van der Waals surface area contributed by atoms with Gasteiger partial charge in [0, 0.05) is 13.1 Å². The third-order valence-corrected chi connectivity index (χ3v) is 3.84. The maximum absolute atomic E-state index is 12.5. The molecule has 1 atom stereocenters. The van der Waals surface area contributed by atoms with E-state index in [1.165, 1.54) is 5.56 Å². The zero-order valence-corrected chi connectivity index (χ0v) is 11.3. The van der Waals surface area contributed by atoms with Crippen molar-refractivity contribution in [3.8, 4) is 0 Å². The van der Waals surface area contributed by atoms with Crippen LogP contribution < -0.4 is 5.73 Å². The standard InChI is InChI=1S/C17H18N2O/c18-16-15-9-5-4-8-14(15)10-11-19(17(16)20)12-13-6-2-1-3-7-13/h1-9,16H,10-12,18H2. The number of carbonyl (C=O) groups is 1. The average molecular weight is 266 g/mol. The van der Waals surface area contributed by atoms with E-state index in [-0.39, 0.29) is 5.91 Å². The molecule has 1 unspecified atom stereocenters. The molecule has 0 saturated heterocycles. The molecule has 0 radical (unpaired) electrons. The molecule has 3 nitrogen and oxygen atoms in total. The molecule has 1 amide bonds. The normalized spacial score (nSPS) is 18.6. The van der Waals surface area contributed by atoms with Gasteiger partial charge in [-0.05, 0) is 23.1 Å². The first-order chi connectivity index (χ1) is 9.75. The van der Waals surface area contributed by atoms with Crippen LogP contribution in [0.5, 0.6) is 0 Å². The summed E-state index contributed by atoms with van der Waals surface area (Å²) in [5, 5.41) is 0. The van der Waals surface area contributed by atoms with E-state index in [1.807, 2.05) is 53.4 Å². The molecule has 0 spiro atoms. The van der Waals surface area contributed by atoms with E-state index >= 15 is 0 Å². The lowest BCUT2D eigenvalue weighted by Crippen LogP contribution is -2.37. The summed E-state index contributed by atoms with van der Waals surface area (Å²) in [5.41, 5.74) is 9.43. The first-order valence-corrected chi connectivity index (χ1v) is 6.92. The molecule has 102 valence electrons. The summed E-state index contributed by atoms with van der Waals surface area (Å²) in [7, 11) is 0. The highest BCUT2D eigenvalue weighted by Gasteiger charge is 2.27. The number of hydrogen-bond acceptors (Lipinski definition) is 2. The monoisotopic (exact) mass is 266 g/mol. The van der Waals surface area contributed by atoms with Crippen molar-refractivity contribution in [3.05, 3.63) is 71.3 Å². The SMILES string of the molecule is NC1C(=O)N(Cc2ccccc2)CCc2ccccc21. The Morgan fingerprint density at radius 3 is 2.55 bits per heavy atom. The highest BCUT2D eigenvalue weighted by atomic mass is 16.2. The highest BCUT2D eigenvalue weighted by molar-refractivity contribution is 5.84. The minimum absolute atomic E-state index is 0.0128. The van der Waals surface area contributed by atoms with Crippen molar-refractivity contribution in [3.63, 3.8) is 0 Å². The van der Waals surface area contributed by atoms with E-state index in [0.29, 0.717) is 6.54 Å². The maximum atomic E-state index is 12.5. The fraction of sp³-hybridized carbons (Fsp3) is 0.235. The smallest absolute Gasteiger partial charge is 0.244 e. The second-order valence-electron chi connectivity index (χ2n) is 5.17. The largest absolute Gasteiger partial charge is 0.336 e. The number of rotatable bonds is 2. The van der Waals surface area contributed by atoms with Gasteiger partial charge in [-0.25, -0.2) is 0 Å². The number of carbonyl (C=O) groups excluding carboxylic acids is 1. The van der Waals surface area contributed by atoms with Gasteiger partial charge in [0.1, 0.15) is 6.04 Å². The van der Waals surface area contributed by atoms with Crippen LogP contribution in [-0.4, -0.2) is 17.4 Å². The summed E-state index contributed by atoms with van der Waals surface area (Å²) >= 11 is 0. The van der Waals surface area contributed by atoms with Crippen LogP contribution in [0, 0.1) is 0 Å². The molecule has 1 aliphatic rings. The van der Waals surface area contributed by atoms with E-state index in [4.69, 9.17) is 5.73 Å². The van der Waals surface area contributed by atoms with Gasteiger partial charge in [-0.15, -0.1) is 0 Å². The first kappa shape index (κ1) is 12.9. The molecule has 2 aromatic rings. The Morgan fingerprint density at radius 1 is 1.05 bits per heavy atom. The van der Waals surface area contributed by atoms with Crippen molar-refractivity contribution < 1.29 is 4.79 Å². The predicted molar refractivity (Wildman–Crippen MR) is 78.9 cm³/mol. The number of amides is 1. The summed E-state index contributed by atoms with van der Waals surface area (Å²) < 4.78 is 0. The van der Waals surface area contributed by atoms with Crippen molar-refractivity contribution in [1.82, 2.24) is 4.90 Å². The van der Waals surface area contributed by atoms with Crippen molar-refractivity contribution in [2.75, 3.05) is 6.54 Å². The van der Waals surface area contributed by atoms with E-state index in [9.17, 15) is 4.79 Å². The van der Waals surface area contributed by atoms with E-state index in [2.05, 4.69) is 6.07 Å². The molecule has 1 heterocycles. The molecular weight excluding hydrogens is 248 g/mol. The molecule has 2 aromatic carbocycles. The second-order valence-corrected chi connectivity index (χ2v) is 5.17. The number of hydrogen-bond donors (Lipinski definition) is 1. The topological polar surface area (TPSA) is 46.3 Å². The van der Waals surface area contributed by atoms with Gasteiger partial charge in [0.05, 0.1) is 0 Å². The van der Waals surface area contributed by atoms with Gasteiger partial charge < -0.3 is 10.6 Å². The van der Waals surface area contributed by atoms with Gasteiger partial charge in [-0.1, -0.05) is 54.6 Å². The molecule has 0 saturated carbocycles. The van der Waals surface area contributed by atoms with E-state index < -0.39 is 6.04 Å². The van der Waals surface area contributed by atoms with Crippen LogP contribution >= 0.6 is 0 Å². The van der Waals surface area contributed by atoms with Crippen molar-refractivity contribution >= 4 is 5.91 Å². The van der Waals surface area contributed by atoms with Crippen LogP contribution in [0.2, 0.25) is 0 Å². The minimum atomic E-state index is -0.544. The summed E-state index contributed by atoms with van der Waals surface area (Å²) in [5.74, 6) is 0.0128. The Balaban J connectivity index is 1.84. The van der Waals surface area contributed by atoms with E-state index in [1.54, 1.807) is 0 Å². The number of fused-ring (bicyclic) bond motifs is 1. The number of nitrogens with zero attached hydrogens (tertiary/aromatic N) is 1. The van der Waals surface area contributed by atoms with Crippen LogP contribution in [0.25, 0.3) is 0 Å². The lowest BCUT2D eigenvalue weighted by molar-refractivity contribution is -0.133. The average Bonchev–Trinajstić information content (AvgIpc) is 2.61. The lowest BCUT2D eigenvalue weighted by atomic mass is 10.00. The fourth-order valence-electron chi connectivity index (χ4n) is 2.72. The molecule has 2 N–H and O–H groups in total. The van der Waals surface area contributed by atoms with Crippen LogP contribution in [0.1, 0.15) is 22.7 Å². The number of benzene rings is 2. The molecule has 3 heteroatoms. The predicted octanol–water partition coefficient (Wildman–Crippen LogP) is 2.27. The van der Waals surface area contributed by atoms with Gasteiger partial charge in [0.25, 0.3) is 0 Å². The Bertz CT molecular complexity index is 609. The quantitative estimate of drug-likeness (QED) is 0.906. The van der Waals surface area contributed by atoms with Gasteiger partial charge in [-0.3, -0.25) is 4.79 Å². The van der Waals surface area contributed by atoms with E-state index in [0.717, 1.165) is 24.1 Å². The first-order valence-electron chi connectivity index (χ1n) is 6.92. The van der Waals surface area contributed by atoms with Gasteiger partial charge >= 0.3 is 0 Å². The zero-order chi connectivity index (χ0) is 13.9. The highest BCUT2D eigenvalue weighted by Crippen LogP contribution is 2.23. The Morgan fingerprint density at radius 2 is 1.75 bits per heavy atom. The van der Waals surface area contributed by atoms with Crippen LogP contribution in [-0.2, 0) is 17.8 Å². The molecule has 0 aromatic heterocycles. The molecule has 0 fully saturated rings. The van der Waals surface area contributed by atoms with Gasteiger partial charge in [0.15, 0.2) is 0 Å². The molecule has 20 heavy (non-hydrogen) atoms. The molecular formula is C17H18N2O. The van der Waals surface area contributed by atoms with Crippen molar-refractivity contribution in [1.29, 1.82) is 0 Å². The molecule has 0 bridgehead atoms. The Hall–Kier alpha value is -2.13. The van der Waals surface area contributed by atoms with Crippen LogP contribution in [0.3, 0.4) is 0 Å².